The van der Waals surface area contributed by atoms with Crippen LogP contribution in [0.2, 0.25) is 0 Å². The summed E-state index contributed by atoms with van der Waals surface area (Å²) >= 11 is 0. The first-order valence-corrected chi connectivity index (χ1v) is 7.66. The number of carboxylic acids is 1. The Hall–Kier alpha value is -3.28. The average Bonchev–Trinajstić information content (AvgIpc) is 2.60. The van der Waals surface area contributed by atoms with E-state index in [2.05, 4.69) is 10.3 Å². The molecule has 3 rings (SSSR count). The summed E-state index contributed by atoms with van der Waals surface area (Å²) in [6.45, 7) is 0. The topological polar surface area (TPSA) is 79.3 Å². The molecule has 0 aliphatic rings. The van der Waals surface area contributed by atoms with Gasteiger partial charge in [0.2, 0.25) is 0 Å². The molecule has 0 saturated heterocycles. The molecular formula is C19H15FN2O3. The third-order valence-electron chi connectivity index (χ3n) is 3.83. The molecule has 0 aliphatic heterocycles. The summed E-state index contributed by atoms with van der Waals surface area (Å²) in [5.74, 6) is -2.15. The van der Waals surface area contributed by atoms with Crippen molar-refractivity contribution < 1.29 is 19.1 Å². The summed E-state index contributed by atoms with van der Waals surface area (Å²) in [4.78, 5) is 28.2. The van der Waals surface area contributed by atoms with Crippen molar-refractivity contribution in [1.82, 2.24) is 10.3 Å². The van der Waals surface area contributed by atoms with E-state index in [-0.39, 0.29) is 6.42 Å². The maximum absolute atomic E-state index is 13.3. The van der Waals surface area contributed by atoms with E-state index in [0.29, 0.717) is 22.0 Å². The van der Waals surface area contributed by atoms with Crippen molar-refractivity contribution in [2.45, 2.75) is 12.5 Å². The number of nitrogens with one attached hydrogen (secondary N) is 1. The number of amides is 1. The molecule has 1 atom stereocenters. The zero-order valence-corrected chi connectivity index (χ0v) is 13.1. The number of aliphatic carboxylic acids is 1. The maximum Gasteiger partial charge on any atom is 0.326 e. The molecule has 0 saturated carbocycles. The summed E-state index contributed by atoms with van der Waals surface area (Å²) in [5.41, 5.74) is 1.48. The van der Waals surface area contributed by atoms with Gasteiger partial charge in [-0.15, -0.1) is 0 Å². The van der Waals surface area contributed by atoms with Crippen molar-refractivity contribution in [3.8, 4) is 0 Å². The molecular weight excluding hydrogens is 323 g/mol. The second-order valence-corrected chi connectivity index (χ2v) is 5.57. The molecule has 0 unspecified atom stereocenters. The van der Waals surface area contributed by atoms with Gasteiger partial charge in [-0.2, -0.15) is 0 Å². The lowest BCUT2D eigenvalue weighted by Gasteiger charge is -2.15. The summed E-state index contributed by atoms with van der Waals surface area (Å²) in [6.07, 6.45) is 1.49. The van der Waals surface area contributed by atoms with Crippen LogP contribution in [0.5, 0.6) is 0 Å². The zero-order valence-electron chi connectivity index (χ0n) is 13.1. The Kier molecular flexibility index (Phi) is 4.70. The van der Waals surface area contributed by atoms with Crippen LogP contribution < -0.4 is 5.32 Å². The van der Waals surface area contributed by atoms with E-state index in [1.54, 1.807) is 36.4 Å². The van der Waals surface area contributed by atoms with Crippen molar-refractivity contribution in [3.63, 3.8) is 0 Å². The monoisotopic (exact) mass is 338 g/mol. The molecule has 0 fully saturated rings. The van der Waals surface area contributed by atoms with Crippen LogP contribution in [-0.4, -0.2) is 28.0 Å². The minimum absolute atomic E-state index is 0.0121. The Bertz CT molecular complexity index is 937. The van der Waals surface area contributed by atoms with Gasteiger partial charge in [-0.1, -0.05) is 30.3 Å². The Morgan fingerprint density at radius 1 is 1.12 bits per heavy atom. The van der Waals surface area contributed by atoms with Gasteiger partial charge in [0.25, 0.3) is 5.91 Å². The number of aromatic nitrogens is 1. The first-order chi connectivity index (χ1) is 12.0. The second kappa shape index (κ2) is 7.09. The summed E-state index contributed by atoms with van der Waals surface area (Å²) in [5, 5.41) is 12.5. The van der Waals surface area contributed by atoms with Gasteiger partial charge in [-0.3, -0.25) is 9.78 Å². The SMILES string of the molecule is O=C(N[C@H](Cc1cccc(F)c1)C(=O)O)c1ccnc2ccccc12. The lowest BCUT2D eigenvalue weighted by atomic mass is 10.0. The fourth-order valence-electron chi connectivity index (χ4n) is 2.63. The Morgan fingerprint density at radius 2 is 1.92 bits per heavy atom. The first-order valence-electron chi connectivity index (χ1n) is 7.66. The molecule has 0 spiro atoms. The molecule has 2 N–H and O–H groups in total. The molecule has 25 heavy (non-hydrogen) atoms. The highest BCUT2D eigenvalue weighted by atomic mass is 19.1. The number of hydrogen-bond donors (Lipinski definition) is 2. The van der Waals surface area contributed by atoms with Gasteiger partial charge in [0.15, 0.2) is 0 Å². The highest BCUT2D eigenvalue weighted by Gasteiger charge is 2.22. The van der Waals surface area contributed by atoms with Crippen LogP contribution in [-0.2, 0) is 11.2 Å². The fraction of sp³-hybridized carbons (Fsp3) is 0.105. The van der Waals surface area contributed by atoms with E-state index < -0.39 is 23.7 Å². The van der Waals surface area contributed by atoms with Crippen molar-refractivity contribution in [2.24, 2.45) is 0 Å². The number of carbonyl (C=O) groups excluding carboxylic acids is 1. The molecule has 1 aromatic heterocycles. The van der Waals surface area contributed by atoms with Crippen LogP contribution in [0.4, 0.5) is 4.39 Å². The van der Waals surface area contributed by atoms with Crippen molar-refractivity contribution in [3.05, 3.63) is 77.7 Å². The third kappa shape index (κ3) is 3.80. The van der Waals surface area contributed by atoms with Gasteiger partial charge in [0, 0.05) is 18.0 Å². The van der Waals surface area contributed by atoms with Crippen LogP contribution in [0.25, 0.3) is 10.9 Å². The number of nitrogens with zero attached hydrogens (tertiary/aromatic N) is 1. The fourth-order valence-corrected chi connectivity index (χ4v) is 2.63. The third-order valence-corrected chi connectivity index (χ3v) is 3.83. The Balaban J connectivity index is 1.84. The second-order valence-electron chi connectivity index (χ2n) is 5.57. The lowest BCUT2D eigenvalue weighted by molar-refractivity contribution is -0.139. The van der Waals surface area contributed by atoms with E-state index in [0.717, 1.165) is 0 Å². The van der Waals surface area contributed by atoms with Gasteiger partial charge in [0.1, 0.15) is 11.9 Å². The molecule has 5 nitrogen and oxygen atoms in total. The summed E-state index contributed by atoms with van der Waals surface area (Å²) < 4.78 is 13.3. The van der Waals surface area contributed by atoms with Crippen LogP contribution in [0, 0.1) is 5.82 Å². The van der Waals surface area contributed by atoms with E-state index in [4.69, 9.17) is 0 Å². The predicted molar refractivity (Wildman–Crippen MR) is 90.7 cm³/mol. The molecule has 3 aromatic rings. The number of carboxylic acid groups (broad SMARTS) is 1. The Labute approximate surface area is 143 Å². The van der Waals surface area contributed by atoms with E-state index in [9.17, 15) is 19.1 Å². The van der Waals surface area contributed by atoms with Crippen LogP contribution in [0.1, 0.15) is 15.9 Å². The Morgan fingerprint density at radius 3 is 2.68 bits per heavy atom. The van der Waals surface area contributed by atoms with Crippen molar-refractivity contribution in [2.75, 3.05) is 0 Å². The molecule has 0 aliphatic carbocycles. The van der Waals surface area contributed by atoms with Crippen LogP contribution in [0.15, 0.2) is 60.8 Å². The molecule has 126 valence electrons. The summed E-state index contributed by atoms with van der Waals surface area (Å²) in [6, 6.07) is 13.1. The highest BCUT2D eigenvalue weighted by Crippen LogP contribution is 2.16. The number of hydrogen-bond acceptors (Lipinski definition) is 3. The molecule has 2 aromatic carbocycles. The number of para-hydroxylation sites is 1. The standard InChI is InChI=1S/C19H15FN2O3/c20-13-5-3-4-12(10-13)11-17(19(24)25)22-18(23)15-8-9-21-16-7-2-1-6-14(15)16/h1-10,17H,11H2,(H,22,23)(H,24,25)/t17-/m1/s1. The maximum atomic E-state index is 13.3. The number of pyridine rings is 1. The molecule has 1 heterocycles. The number of benzene rings is 2. The van der Waals surface area contributed by atoms with E-state index in [1.165, 1.54) is 24.4 Å². The molecule has 1 amide bonds. The van der Waals surface area contributed by atoms with Crippen molar-refractivity contribution in [1.29, 1.82) is 0 Å². The highest BCUT2D eigenvalue weighted by molar-refractivity contribution is 6.06. The number of carbonyl (C=O) groups is 2. The van der Waals surface area contributed by atoms with Gasteiger partial charge >= 0.3 is 5.97 Å². The zero-order chi connectivity index (χ0) is 17.8. The molecule has 0 bridgehead atoms. The van der Waals surface area contributed by atoms with Gasteiger partial charge in [-0.05, 0) is 29.8 Å². The van der Waals surface area contributed by atoms with Gasteiger partial charge in [0.05, 0.1) is 11.1 Å². The number of fused-ring (bicyclic) bond motifs is 1. The number of rotatable bonds is 5. The smallest absolute Gasteiger partial charge is 0.326 e. The first kappa shape index (κ1) is 16.6. The van der Waals surface area contributed by atoms with Gasteiger partial charge in [-0.25, -0.2) is 9.18 Å². The van der Waals surface area contributed by atoms with E-state index in [1.807, 2.05) is 0 Å². The van der Waals surface area contributed by atoms with Crippen LogP contribution >= 0.6 is 0 Å². The van der Waals surface area contributed by atoms with Crippen LogP contribution in [0.3, 0.4) is 0 Å². The minimum Gasteiger partial charge on any atom is -0.480 e. The number of halogens is 1. The molecule has 0 radical (unpaired) electrons. The van der Waals surface area contributed by atoms with Crippen molar-refractivity contribution >= 4 is 22.8 Å². The molecule has 6 heteroatoms. The minimum atomic E-state index is -1.18. The van der Waals surface area contributed by atoms with E-state index >= 15 is 0 Å². The quantitative estimate of drug-likeness (QED) is 0.750. The van der Waals surface area contributed by atoms with Gasteiger partial charge < -0.3 is 10.4 Å². The normalized spacial score (nSPS) is 11.9. The largest absolute Gasteiger partial charge is 0.480 e. The predicted octanol–water partition coefficient (Wildman–Crippen LogP) is 2.80. The lowest BCUT2D eigenvalue weighted by Crippen LogP contribution is -2.42. The summed E-state index contributed by atoms with van der Waals surface area (Å²) in [7, 11) is 0. The average molecular weight is 338 g/mol.